The monoisotopic (exact) mass is 225 g/mol. The summed E-state index contributed by atoms with van der Waals surface area (Å²) in [5, 5.41) is 2.71. The molecule has 0 fully saturated rings. The molecule has 0 unspecified atom stereocenters. The maximum atomic E-state index is 12.8. The lowest BCUT2D eigenvalue weighted by Gasteiger charge is -2.11. The first-order valence-corrected chi connectivity index (χ1v) is 4.98. The molecular weight excluding hydrogens is 209 g/mol. The molecule has 0 aliphatic heterocycles. The van der Waals surface area contributed by atoms with Gasteiger partial charge >= 0.3 is 0 Å². The van der Waals surface area contributed by atoms with Gasteiger partial charge in [-0.25, -0.2) is 4.39 Å². The molecule has 5 heteroatoms. The van der Waals surface area contributed by atoms with Crippen LogP contribution in [0.15, 0.2) is 18.2 Å². The van der Waals surface area contributed by atoms with Crippen LogP contribution in [0, 0.1) is 5.82 Å². The van der Waals surface area contributed by atoms with Crippen molar-refractivity contribution in [3.63, 3.8) is 0 Å². The summed E-state index contributed by atoms with van der Waals surface area (Å²) in [6.07, 6.45) is 0. The van der Waals surface area contributed by atoms with Crippen LogP contribution < -0.4 is 11.1 Å². The number of carbonyl (C=O) groups excluding carboxylic acids is 1. The molecule has 0 heterocycles. The Kier molecular flexibility index (Phi) is 4.25. The Morgan fingerprint density at radius 1 is 1.50 bits per heavy atom. The Hall–Kier alpha value is -1.62. The lowest BCUT2D eigenvalue weighted by molar-refractivity contribution is 0.0952. The van der Waals surface area contributed by atoms with Crippen LogP contribution in [0.2, 0.25) is 0 Å². The number of hydrogen-bond acceptors (Lipinski definition) is 3. The van der Waals surface area contributed by atoms with Crippen molar-refractivity contribution in [2.75, 3.05) is 32.9 Å². The molecular formula is C11H16FN3O. The number of carbonyl (C=O) groups is 1. The van der Waals surface area contributed by atoms with Crippen LogP contribution in [0.1, 0.15) is 10.4 Å². The Balaban J connectivity index is 2.59. The van der Waals surface area contributed by atoms with E-state index in [1.807, 2.05) is 19.0 Å². The highest BCUT2D eigenvalue weighted by atomic mass is 19.1. The first-order valence-electron chi connectivity index (χ1n) is 4.98. The van der Waals surface area contributed by atoms with Crippen molar-refractivity contribution in [1.29, 1.82) is 0 Å². The molecule has 0 aromatic heterocycles. The summed E-state index contributed by atoms with van der Waals surface area (Å²) in [5.74, 6) is -0.721. The topological polar surface area (TPSA) is 58.4 Å². The smallest absolute Gasteiger partial charge is 0.253 e. The Labute approximate surface area is 94.2 Å². The van der Waals surface area contributed by atoms with E-state index in [1.54, 1.807) is 0 Å². The number of nitrogens with one attached hydrogen (secondary N) is 1. The van der Waals surface area contributed by atoms with Crippen molar-refractivity contribution in [2.45, 2.75) is 0 Å². The molecule has 0 spiro atoms. The zero-order valence-corrected chi connectivity index (χ0v) is 9.46. The average molecular weight is 225 g/mol. The van der Waals surface area contributed by atoms with Gasteiger partial charge in [-0.2, -0.15) is 0 Å². The Morgan fingerprint density at radius 3 is 2.75 bits per heavy atom. The minimum atomic E-state index is -0.442. The van der Waals surface area contributed by atoms with E-state index < -0.39 is 5.82 Å². The first kappa shape index (κ1) is 12.4. The highest BCUT2D eigenvalue weighted by Gasteiger charge is 2.09. The molecule has 1 aromatic rings. The van der Waals surface area contributed by atoms with Crippen LogP contribution in [0.25, 0.3) is 0 Å². The fourth-order valence-electron chi connectivity index (χ4n) is 1.23. The zero-order chi connectivity index (χ0) is 12.1. The molecule has 16 heavy (non-hydrogen) atoms. The van der Waals surface area contributed by atoms with Gasteiger partial charge in [0.1, 0.15) is 5.82 Å². The highest BCUT2D eigenvalue weighted by Crippen LogP contribution is 2.12. The minimum absolute atomic E-state index is 0.155. The zero-order valence-electron chi connectivity index (χ0n) is 9.46. The molecule has 0 saturated heterocycles. The lowest BCUT2D eigenvalue weighted by atomic mass is 10.1. The second-order valence-electron chi connectivity index (χ2n) is 3.79. The van der Waals surface area contributed by atoms with Gasteiger partial charge in [0.15, 0.2) is 0 Å². The number of nitrogens with two attached hydrogens (primary N) is 1. The Morgan fingerprint density at radius 2 is 2.19 bits per heavy atom. The number of amides is 1. The van der Waals surface area contributed by atoms with Crippen molar-refractivity contribution >= 4 is 11.6 Å². The van der Waals surface area contributed by atoms with Crippen LogP contribution in [-0.4, -0.2) is 38.0 Å². The number of hydrogen-bond donors (Lipinski definition) is 2. The number of halogens is 1. The van der Waals surface area contributed by atoms with Crippen LogP contribution in [0.5, 0.6) is 0 Å². The molecule has 3 N–H and O–H groups in total. The van der Waals surface area contributed by atoms with Crippen LogP contribution in [0.3, 0.4) is 0 Å². The summed E-state index contributed by atoms with van der Waals surface area (Å²) in [6, 6.07) is 3.74. The molecule has 0 radical (unpaired) electrons. The molecule has 0 aliphatic rings. The number of nitrogens with zero attached hydrogens (tertiary/aromatic N) is 1. The van der Waals surface area contributed by atoms with Crippen molar-refractivity contribution in [3.8, 4) is 0 Å². The van der Waals surface area contributed by atoms with E-state index in [4.69, 9.17) is 5.73 Å². The van der Waals surface area contributed by atoms with Gasteiger partial charge in [0.05, 0.1) is 5.56 Å². The quantitative estimate of drug-likeness (QED) is 0.742. The molecule has 1 aromatic carbocycles. The highest BCUT2D eigenvalue weighted by molar-refractivity contribution is 5.99. The number of anilines is 1. The van der Waals surface area contributed by atoms with Crippen molar-refractivity contribution in [1.82, 2.24) is 10.2 Å². The van der Waals surface area contributed by atoms with Crippen LogP contribution in [0.4, 0.5) is 10.1 Å². The Bertz CT molecular complexity index is 379. The standard InChI is InChI=1S/C11H16FN3O/c1-15(2)6-5-14-11(16)9-4-3-8(12)7-10(9)13/h3-4,7H,5-6,13H2,1-2H3,(H,14,16). The molecule has 1 rings (SSSR count). The van der Waals surface area contributed by atoms with E-state index in [0.717, 1.165) is 12.6 Å². The van der Waals surface area contributed by atoms with E-state index in [9.17, 15) is 9.18 Å². The third-order valence-corrected chi connectivity index (χ3v) is 2.10. The summed E-state index contributed by atoms with van der Waals surface area (Å²) in [6.45, 7) is 1.27. The minimum Gasteiger partial charge on any atom is -0.398 e. The van der Waals surface area contributed by atoms with Crippen molar-refractivity contribution in [3.05, 3.63) is 29.6 Å². The van der Waals surface area contributed by atoms with Crippen molar-refractivity contribution < 1.29 is 9.18 Å². The van der Waals surface area contributed by atoms with Crippen LogP contribution in [-0.2, 0) is 0 Å². The summed E-state index contributed by atoms with van der Waals surface area (Å²) in [7, 11) is 3.83. The third kappa shape index (κ3) is 3.51. The predicted molar refractivity (Wildman–Crippen MR) is 61.7 cm³/mol. The van der Waals surface area contributed by atoms with Gasteiger partial charge < -0.3 is 16.0 Å². The number of benzene rings is 1. The van der Waals surface area contributed by atoms with Gasteiger partial charge in [-0.15, -0.1) is 0 Å². The number of nitrogen functional groups attached to an aromatic ring is 1. The first-order chi connectivity index (χ1) is 7.50. The van der Waals surface area contributed by atoms with E-state index in [0.29, 0.717) is 12.1 Å². The van der Waals surface area contributed by atoms with Gasteiger partial charge in [0.25, 0.3) is 5.91 Å². The maximum absolute atomic E-state index is 12.8. The SMILES string of the molecule is CN(C)CCNC(=O)c1ccc(F)cc1N. The fraction of sp³-hybridized carbons (Fsp3) is 0.364. The number of rotatable bonds is 4. The predicted octanol–water partition coefficient (Wildman–Crippen LogP) is 0.699. The molecule has 0 atom stereocenters. The summed E-state index contributed by atoms with van der Waals surface area (Å²) in [4.78, 5) is 13.6. The maximum Gasteiger partial charge on any atom is 0.253 e. The lowest BCUT2D eigenvalue weighted by Crippen LogP contribution is -2.31. The molecule has 0 bridgehead atoms. The van der Waals surface area contributed by atoms with Crippen LogP contribution >= 0.6 is 0 Å². The van der Waals surface area contributed by atoms with E-state index in [-0.39, 0.29) is 11.6 Å². The van der Waals surface area contributed by atoms with Gasteiger partial charge in [-0.05, 0) is 32.3 Å². The fourth-order valence-corrected chi connectivity index (χ4v) is 1.23. The molecule has 0 aliphatic carbocycles. The summed E-state index contributed by atoms with van der Waals surface area (Å²) < 4.78 is 12.8. The van der Waals surface area contributed by atoms with E-state index >= 15 is 0 Å². The molecule has 4 nitrogen and oxygen atoms in total. The summed E-state index contributed by atoms with van der Waals surface area (Å²) in [5.41, 5.74) is 6.00. The van der Waals surface area contributed by atoms with E-state index in [2.05, 4.69) is 5.32 Å². The van der Waals surface area contributed by atoms with Crippen molar-refractivity contribution in [2.24, 2.45) is 0 Å². The molecule has 1 amide bonds. The normalized spacial score (nSPS) is 10.5. The van der Waals surface area contributed by atoms with Gasteiger partial charge in [-0.3, -0.25) is 4.79 Å². The molecule has 0 saturated carbocycles. The molecule has 88 valence electrons. The second kappa shape index (κ2) is 5.46. The average Bonchev–Trinajstić information content (AvgIpc) is 2.16. The van der Waals surface area contributed by atoms with Gasteiger partial charge in [0.2, 0.25) is 0 Å². The van der Waals surface area contributed by atoms with Gasteiger partial charge in [-0.1, -0.05) is 0 Å². The largest absolute Gasteiger partial charge is 0.398 e. The number of likely N-dealkylation sites (N-methyl/N-ethyl adjacent to an activating group) is 1. The van der Waals surface area contributed by atoms with Gasteiger partial charge in [0, 0.05) is 18.8 Å². The third-order valence-electron chi connectivity index (χ3n) is 2.10. The second-order valence-corrected chi connectivity index (χ2v) is 3.79. The van der Waals surface area contributed by atoms with E-state index in [1.165, 1.54) is 12.1 Å². The summed E-state index contributed by atoms with van der Waals surface area (Å²) >= 11 is 0.